The number of nitrogens with two attached hydrogens (primary N) is 1. The molecule has 0 aromatic carbocycles. The molecule has 1 aliphatic carbocycles. The van der Waals surface area contributed by atoms with Crippen LogP contribution in [-0.2, 0) is 18.6 Å². The molecule has 1 saturated carbocycles. The van der Waals surface area contributed by atoms with E-state index in [0.29, 0.717) is 0 Å². The summed E-state index contributed by atoms with van der Waals surface area (Å²) in [5.74, 6) is 5.39. The number of ether oxygens (including phenoxy) is 2. The van der Waals surface area contributed by atoms with Crippen LogP contribution in [0.1, 0.15) is 12.6 Å². The van der Waals surface area contributed by atoms with E-state index >= 15 is 0 Å². The second-order valence-corrected chi connectivity index (χ2v) is 10.1. The highest BCUT2D eigenvalue weighted by atomic mass is 32.7. The summed E-state index contributed by atoms with van der Waals surface area (Å²) in [7, 11) is -0.0966. The van der Waals surface area contributed by atoms with Gasteiger partial charge in [0.2, 0.25) is 0 Å². The second-order valence-electron chi connectivity index (χ2n) is 5.93. The summed E-state index contributed by atoms with van der Waals surface area (Å²) < 4.78 is 23.8. The molecule has 1 aromatic heterocycles. The summed E-state index contributed by atoms with van der Waals surface area (Å²) in [6, 6.07) is 1.24. The fourth-order valence-electron chi connectivity index (χ4n) is 3.17. The van der Waals surface area contributed by atoms with Crippen LogP contribution in [0.15, 0.2) is 21.9 Å². The minimum atomic E-state index is -1.41. The lowest BCUT2D eigenvalue weighted by Gasteiger charge is -2.25. The maximum absolute atomic E-state index is 12.2. The van der Waals surface area contributed by atoms with E-state index in [1.807, 2.05) is 6.26 Å². The maximum Gasteiger partial charge on any atom is 0.330 e. The summed E-state index contributed by atoms with van der Waals surface area (Å²) >= 11 is 1.33. The van der Waals surface area contributed by atoms with Gasteiger partial charge in [0.05, 0.1) is 6.10 Å². The SMILES string of the molecule is COC1C(OP(ON)SC)C(C2CC2PO)OC1n1ccc(=O)[nH]c1=O. The number of hydrogen-bond donors (Lipinski definition) is 3. The lowest BCUT2D eigenvalue weighted by molar-refractivity contribution is -0.0569. The van der Waals surface area contributed by atoms with E-state index in [1.54, 1.807) is 0 Å². The van der Waals surface area contributed by atoms with E-state index < -0.39 is 37.3 Å². The third-order valence-corrected chi connectivity index (χ3v) is 7.79. The first kappa shape index (κ1) is 20.4. The smallest absolute Gasteiger partial charge is 0.330 e. The zero-order valence-electron chi connectivity index (χ0n) is 14.1. The molecule has 13 heteroatoms. The Labute approximate surface area is 156 Å². The van der Waals surface area contributed by atoms with Crippen LogP contribution in [0, 0.1) is 5.92 Å². The Bertz CT molecular complexity index is 730. The summed E-state index contributed by atoms with van der Waals surface area (Å²) in [5, 5.41) is 0. The van der Waals surface area contributed by atoms with E-state index in [1.165, 1.54) is 35.3 Å². The van der Waals surface area contributed by atoms with Gasteiger partial charge in [-0.2, -0.15) is 0 Å². The number of nitrogens with one attached hydrogen (secondary N) is 1. The average molecular weight is 425 g/mol. The van der Waals surface area contributed by atoms with Crippen LogP contribution in [0.5, 0.6) is 0 Å². The number of H-pyrrole nitrogens is 1. The summed E-state index contributed by atoms with van der Waals surface area (Å²) in [6.07, 6.45) is 1.68. The zero-order valence-corrected chi connectivity index (χ0v) is 16.8. The van der Waals surface area contributed by atoms with Crippen molar-refractivity contribution in [3.63, 3.8) is 0 Å². The Morgan fingerprint density at radius 3 is 2.81 bits per heavy atom. The van der Waals surface area contributed by atoms with Crippen LogP contribution in [-0.4, -0.2) is 51.8 Å². The number of methoxy groups -OCH3 is 1. The van der Waals surface area contributed by atoms with Crippen LogP contribution in [0.2, 0.25) is 0 Å². The fourth-order valence-corrected chi connectivity index (χ4v) is 5.40. The maximum atomic E-state index is 12.2. The standard InChI is InChI=1S/C13H21N3O7P2S/c1-20-11-10(22-25(23-14)26-2)9(6-5-7(6)24-19)21-12(11)16-4-3-8(17)15-13(16)18/h3-4,6-7,9-12,19,24H,5,14H2,1-2H3,(H,15,17,18). The predicted molar refractivity (Wildman–Crippen MR) is 99.0 cm³/mol. The molecule has 1 aliphatic heterocycles. The van der Waals surface area contributed by atoms with Gasteiger partial charge in [-0.3, -0.25) is 14.3 Å². The van der Waals surface area contributed by atoms with E-state index in [9.17, 15) is 14.5 Å². The average Bonchev–Trinajstić information content (AvgIpc) is 3.33. The monoisotopic (exact) mass is 425 g/mol. The van der Waals surface area contributed by atoms with Crippen molar-refractivity contribution < 1.29 is 23.5 Å². The van der Waals surface area contributed by atoms with Crippen molar-refractivity contribution in [2.75, 3.05) is 13.4 Å². The third kappa shape index (κ3) is 4.06. The van der Waals surface area contributed by atoms with Crippen molar-refractivity contribution in [1.82, 2.24) is 9.55 Å². The molecule has 2 heterocycles. The van der Waals surface area contributed by atoms with Gasteiger partial charge in [0.15, 0.2) is 6.23 Å². The minimum Gasteiger partial charge on any atom is -0.377 e. The molecule has 26 heavy (non-hydrogen) atoms. The Kier molecular flexibility index (Phi) is 6.88. The zero-order chi connectivity index (χ0) is 18.8. The normalized spacial score (nSPS) is 35.2. The topological polar surface area (TPSA) is 138 Å². The highest BCUT2D eigenvalue weighted by molar-refractivity contribution is 8.52. The van der Waals surface area contributed by atoms with E-state index in [2.05, 4.69) is 4.98 Å². The lowest BCUT2D eigenvalue weighted by atomic mass is 10.1. The van der Waals surface area contributed by atoms with Crippen LogP contribution in [0.4, 0.5) is 0 Å². The van der Waals surface area contributed by atoms with Crippen molar-refractivity contribution in [3.8, 4) is 0 Å². The van der Waals surface area contributed by atoms with Gasteiger partial charge in [-0.05, 0) is 18.6 Å². The van der Waals surface area contributed by atoms with Crippen LogP contribution in [0.3, 0.4) is 0 Å². The molecule has 8 atom stereocenters. The molecule has 3 rings (SSSR count). The lowest BCUT2D eigenvalue weighted by Crippen LogP contribution is -2.39. The summed E-state index contributed by atoms with van der Waals surface area (Å²) in [6.45, 7) is 0. The molecule has 0 radical (unpaired) electrons. The molecule has 1 saturated heterocycles. The van der Waals surface area contributed by atoms with Crippen molar-refractivity contribution in [2.45, 2.75) is 36.6 Å². The van der Waals surface area contributed by atoms with Crippen molar-refractivity contribution in [1.29, 1.82) is 0 Å². The largest absolute Gasteiger partial charge is 0.377 e. The van der Waals surface area contributed by atoms with Crippen LogP contribution in [0.25, 0.3) is 0 Å². The number of aromatic nitrogens is 2. The first-order chi connectivity index (χ1) is 12.5. The third-order valence-electron chi connectivity index (χ3n) is 4.49. The molecule has 0 bridgehead atoms. The van der Waals surface area contributed by atoms with Gasteiger partial charge in [0.25, 0.3) is 13.1 Å². The Hall–Kier alpha value is -0.350. The van der Waals surface area contributed by atoms with Gasteiger partial charge in [0, 0.05) is 33.8 Å². The highest BCUT2D eigenvalue weighted by Gasteiger charge is 2.57. The molecule has 1 aromatic rings. The molecule has 8 unspecified atom stereocenters. The van der Waals surface area contributed by atoms with Crippen molar-refractivity contribution in [3.05, 3.63) is 33.1 Å². The molecule has 0 spiro atoms. The van der Waals surface area contributed by atoms with E-state index in [4.69, 9.17) is 24.5 Å². The molecule has 146 valence electrons. The molecule has 4 N–H and O–H groups in total. The van der Waals surface area contributed by atoms with Crippen LogP contribution >= 0.6 is 27.8 Å². The number of nitrogens with zero attached hydrogens (tertiary/aromatic N) is 1. The fraction of sp³-hybridized carbons (Fsp3) is 0.692. The van der Waals surface area contributed by atoms with Gasteiger partial charge < -0.3 is 18.9 Å². The van der Waals surface area contributed by atoms with E-state index in [0.717, 1.165) is 6.42 Å². The number of aromatic amines is 1. The first-order valence-electron chi connectivity index (χ1n) is 7.81. The second kappa shape index (κ2) is 8.77. The molecule has 0 amide bonds. The first-order valence-corrected chi connectivity index (χ1v) is 11.8. The Balaban J connectivity index is 1.91. The molecule has 2 fully saturated rings. The molecular formula is C13H21N3O7P2S. The Morgan fingerprint density at radius 1 is 1.50 bits per heavy atom. The van der Waals surface area contributed by atoms with E-state index in [-0.39, 0.29) is 26.5 Å². The van der Waals surface area contributed by atoms with Gasteiger partial charge in [-0.15, -0.1) is 0 Å². The van der Waals surface area contributed by atoms with Crippen molar-refractivity contribution >= 4 is 27.8 Å². The summed E-state index contributed by atoms with van der Waals surface area (Å²) in [4.78, 5) is 35.2. The van der Waals surface area contributed by atoms with Gasteiger partial charge in [0.1, 0.15) is 12.2 Å². The number of hydrogen-bond acceptors (Lipinski definition) is 9. The highest BCUT2D eigenvalue weighted by Crippen LogP contribution is 2.56. The van der Waals surface area contributed by atoms with Gasteiger partial charge in [-0.25, -0.2) is 15.3 Å². The minimum absolute atomic E-state index is 0.0981. The molecular weight excluding hydrogens is 404 g/mol. The van der Waals surface area contributed by atoms with Gasteiger partial charge >= 0.3 is 5.69 Å². The van der Waals surface area contributed by atoms with Crippen molar-refractivity contribution in [2.24, 2.45) is 11.8 Å². The van der Waals surface area contributed by atoms with Gasteiger partial charge in [-0.1, -0.05) is 11.4 Å². The predicted octanol–water partition coefficient (Wildman–Crippen LogP) is 0.289. The Morgan fingerprint density at radius 2 is 2.27 bits per heavy atom. The quantitative estimate of drug-likeness (QED) is 0.396. The summed E-state index contributed by atoms with van der Waals surface area (Å²) in [5.41, 5.74) is -0.940. The molecule has 2 aliphatic rings. The van der Waals surface area contributed by atoms with Crippen LogP contribution < -0.4 is 17.1 Å². The number of rotatable bonds is 8. The molecule has 10 nitrogen and oxygen atoms in total.